The molecule has 8 nitrogen and oxygen atoms in total. The Hall–Kier alpha value is 0.779. The van der Waals surface area contributed by atoms with Crippen LogP contribution in [0.5, 0.6) is 0 Å². The van der Waals surface area contributed by atoms with Crippen LogP contribution in [0.1, 0.15) is 38.5 Å². The van der Waals surface area contributed by atoms with E-state index in [-0.39, 0.29) is 37.3 Å². The van der Waals surface area contributed by atoms with Crippen molar-refractivity contribution in [2.24, 2.45) is 0 Å². The van der Waals surface area contributed by atoms with Crippen LogP contribution in [0.15, 0.2) is 0 Å². The maximum absolute atomic E-state index is 10.4. The van der Waals surface area contributed by atoms with Gasteiger partial charge in [-0.05, 0) is 13.1 Å². The summed E-state index contributed by atoms with van der Waals surface area (Å²) in [7, 11) is 9.53. The Labute approximate surface area is 176 Å². The fourth-order valence-corrected chi connectivity index (χ4v) is 3.63. The first-order valence-electron chi connectivity index (χ1n) is 9.56. The molecule has 6 atom stereocenters. The van der Waals surface area contributed by atoms with Gasteiger partial charge in [-0.1, -0.05) is 51.0 Å². The van der Waals surface area contributed by atoms with Gasteiger partial charge in [0.1, 0.15) is 0 Å². The molecule has 6 unspecified atom stereocenters. The van der Waals surface area contributed by atoms with Crippen LogP contribution in [0, 0.1) is 0 Å². The van der Waals surface area contributed by atoms with Crippen LogP contribution in [0.25, 0.3) is 21.3 Å². The molecule has 3 aliphatic rings. The Morgan fingerprint density at radius 2 is 1.22 bits per heavy atom. The molecule has 3 rings (SSSR count). The van der Waals surface area contributed by atoms with Crippen molar-refractivity contribution in [3.63, 3.8) is 0 Å². The van der Waals surface area contributed by atoms with Crippen molar-refractivity contribution in [3.05, 3.63) is 21.3 Å². The van der Waals surface area contributed by atoms with Crippen LogP contribution in [0.2, 0.25) is 0 Å². The van der Waals surface area contributed by atoms with Gasteiger partial charge in [0.05, 0.1) is 0 Å². The Kier molecular flexibility index (Phi) is 12.4. The molecule has 0 radical (unpaired) electrons. The van der Waals surface area contributed by atoms with Crippen LogP contribution in [0.3, 0.4) is 0 Å². The molecule has 0 amide bonds. The topological polar surface area (TPSA) is 121 Å². The second-order valence-corrected chi connectivity index (χ2v) is 8.83. The summed E-state index contributed by atoms with van der Waals surface area (Å²) in [6.07, 6.45) is 4.65. The molecule has 11 heteroatoms. The summed E-state index contributed by atoms with van der Waals surface area (Å²) in [5.41, 5.74) is 6.15. The number of nitrogens with zero attached hydrogens (tertiary/aromatic N) is 4. The normalized spacial score (nSPS) is 34.4. The fraction of sp³-hybridized carbons (Fsp3) is 1.00. The van der Waals surface area contributed by atoms with E-state index < -0.39 is 12.5 Å². The summed E-state index contributed by atoms with van der Waals surface area (Å²) in [6, 6.07) is -0.492. The molecule has 0 aromatic carbocycles. The van der Waals surface area contributed by atoms with Gasteiger partial charge in [-0.3, -0.25) is 10.9 Å². The predicted molar refractivity (Wildman–Crippen MR) is 106 cm³/mol. The summed E-state index contributed by atoms with van der Waals surface area (Å²) < 4.78 is 0. The molecule has 4 N–H and O–H groups in total. The number of rotatable bonds is 6. The number of aliphatic hydroxyl groups is 2. The Morgan fingerprint density at radius 1 is 0.815 bits per heavy atom. The van der Waals surface area contributed by atoms with Crippen molar-refractivity contribution < 1.29 is 23.3 Å². The molecule has 0 aromatic heterocycles. The summed E-state index contributed by atoms with van der Waals surface area (Å²) >= 11 is 0.194. The van der Waals surface area contributed by atoms with Crippen LogP contribution in [-0.4, -0.2) is 73.0 Å². The minimum absolute atomic E-state index is 0.0902. The predicted octanol–water partition coefficient (Wildman–Crippen LogP) is 2.44. The van der Waals surface area contributed by atoms with Gasteiger partial charge in [0.15, 0.2) is 0 Å². The quantitative estimate of drug-likeness (QED) is 0.451. The Bertz CT molecular complexity index is 358. The number of piperidine rings is 2. The minimum atomic E-state index is -0.774. The average molecular weight is 465 g/mol. The second kappa shape index (κ2) is 13.9. The molecule has 3 fully saturated rings. The van der Waals surface area contributed by atoms with Crippen molar-refractivity contribution in [1.82, 2.24) is 10.9 Å². The van der Waals surface area contributed by atoms with E-state index in [4.69, 9.17) is 20.2 Å². The molecule has 27 heavy (non-hydrogen) atoms. The van der Waals surface area contributed by atoms with E-state index in [0.717, 1.165) is 51.6 Å². The third-order valence-corrected chi connectivity index (χ3v) is 5.11. The van der Waals surface area contributed by atoms with Crippen LogP contribution in [0.4, 0.5) is 0 Å². The molecule has 0 aliphatic carbocycles. The van der Waals surface area contributed by atoms with Gasteiger partial charge in [-0.2, -0.15) is 0 Å². The number of hydrogen-bond donors (Lipinski definition) is 4. The molecule has 0 bridgehead atoms. The zero-order valence-corrected chi connectivity index (χ0v) is 17.9. The third-order valence-electron chi connectivity index (χ3n) is 5.11. The van der Waals surface area contributed by atoms with E-state index in [1.165, 1.54) is 0 Å². The Morgan fingerprint density at radius 3 is 1.56 bits per heavy atom. The van der Waals surface area contributed by atoms with Gasteiger partial charge in [-0.15, -0.1) is 37.3 Å². The SMILES string of the molecule is OC([N-]C1CNNCC1[N-]C(O)C1CCCC[N-]1)C1CCCC[N-]1.[Cl][Fe][Cl]. The first kappa shape index (κ1) is 24.1. The van der Waals surface area contributed by atoms with Crippen LogP contribution >= 0.6 is 20.2 Å². The van der Waals surface area contributed by atoms with Gasteiger partial charge < -0.3 is 31.5 Å². The van der Waals surface area contributed by atoms with E-state index in [9.17, 15) is 10.2 Å². The summed E-state index contributed by atoms with van der Waals surface area (Å²) in [4.78, 5) is 0. The van der Waals surface area contributed by atoms with Gasteiger partial charge in [0, 0.05) is 0 Å². The van der Waals surface area contributed by atoms with Gasteiger partial charge in [0.25, 0.3) is 0 Å². The van der Waals surface area contributed by atoms with Gasteiger partial charge in [-0.25, -0.2) is 0 Å². The van der Waals surface area contributed by atoms with Crippen LogP contribution < -0.4 is 10.9 Å². The molecule has 3 aliphatic heterocycles. The van der Waals surface area contributed by atoms with Crippen molar-refractivity contribution >= 4 is 20.2 Å². The molecule has 0 aromatic rings. The maximum atomic E-state index is 10.4. The number of aliphatic hydroxyl groups excluding tert-OH is 2. The third kappa shape index (κ3) is 8.58. The first-order chi connectivity index (χ1) is 13.2. The van der Waals surface area contributed by atoms with Crippen molar-refractivity contribution in [2.45, 2.75) is 75.1 Å². The van der Waals surface area contributed by atoms with Crippen LogP contribution in [-0.2, 0) is 13.1 Å². The van der Waals surface area contributed by atoms with Crippen molar-refractivity contribution in [2.75, 3.05) is 26.2 Å². The summed E-state index contributed by atoms with van der Waals surface area (Å²) in [5.74, 6) is 0. The summed E-state index contributed by atoms with van der Waals surface area (Å²) in [5, 5.41) is 38.9. The average Bonchev–Trinajstić information content (AvgIpc) is 2.71. The molecular formula is C16H30Cl2FeN6O2-4. The van der Waals surface area contributed by atoms with E-state index in [1.807, 2.05) is 0 Å². The van der Waals surface area contributed by atoms with Gasteiger partial charge >= 0.3 is 33.3 Å². The zero-order valence-electron chi connectivity index (χ0n) is 15.3. The number of hydrogen-bond acceptors (Lipinski definition) is 4. The fourth-order valence-electron chi connectivity index (χ4n) is 3.63. The molecule has 162 valence electrons. The van der Waals surface area contributed by atoms with E-state index in [2.05, 4.69) is 32.1 Å². The van der Waals surface area contributed by atoms with Crippen molar-refractivity contribution in [1.29, 1.82) is 0 Å². The van der Waals surface area contributed by atoms with E-state index in [0.29, 0.717) is 13.1 Å². The zero-order chi connectivity index (χ0) is 19.5. The molecule has 0 saturated carbocycles. The molecular weight excluding hydrogens is 435 g/mol. The number of hydrazine groups is 1. The van der Waals surface area contributed by atoms with E-state index >= 15 is 0 Å². The van der Waals surface area contributed by atoms with E-state index in [1.54, 1.807) is 0 Å². The Balaban J connectivity index is 0.000000817. The molecule has 3 saturated heterocycles. The molecule has 0 spiro atoms. The van der Waals surface area contributed by atoms with Crippen molar-refractivity contribution in [3.8, 4) is 0 Å². The summed E-state index contributed by atoms with van der Waals surface area (Å²) in [6.45, 7) is 2.81. The number of nitrogens with one attached hydrogen (secondary N) is 2. The second-order valence-electron chi connectivity index (χ2n) is 7.01. The molecule has 3 heterocycles. The van der Waals surface area contributed by atoms with Gasteiger partial charge in [0.2, 0.25) is 0 Å². The first-order valence-corrected chi connectivity index (χ1v) is 12.6. The monoisotopic (exact) mass is 464 g/mol. The number of halogens is 2. The standard InChI is InChI=1S/C16H30N6O2.2ClH.Fe/c23-15(11-5-1-3-7-17-11)21-13-9-19-20-10-14(13)22-16(24)12-6-2-4-8-18-12;;;/h11-16,19-20,23-24H,1-10H2;2*1H;/q-4;;;+2/p-2.